The van der Waals surface area contributed by atoms with Crippen LogP contribution in [0.1, 0.15) is 15.9 Å². The van der Waals surface area contributed by atoms with Crippen LogP contribution in [-0.2, 0) is 4.79 Å². The van der Waals surface area contributed by atoms with Gasteiger partial charge in [0.15, 0.2) is 6.61 Å². The number of amides is 2. The van der Waals surface area contributed by atoms with E-state index in [4.69, 9.17) is 16.3 Å². The van der Waals surface area contributed by atoms with Gasteiger partial charge >= 0.3 is 0 Å². The molecule has 0 aliphatic rings. The fourth-order valence-corrected chi connectivity index (χ4v) is 3.08. The van der Waals surface area contributed by atoms with E-state index in [0.717, 1.165) is 16.7 Å². The zero-order chi connectivity index (χ0) is 20.8. The summed E-state index contributed by atoms with van der Waals surface area (Å²) in [6, 6.07) is 20.4. The van der Waals surface area contributed by atoms with Gasteiger partial charge in [-0.25, -0.2) is 0 Å². The van der Waals surface area contributed by atoms with Gasteiger partial charge in [0.05, 0.1) is 5.02 Å². The third-order valence-corrected chi connectivity index (χ3v) is 4.68. The molecular formula is C23H21ClN2O3. The first kappa shape index (κ1) is 20.4. The molecule has 0 atom stereocenters. The lowest BCUT2D eigenvalue weighted by Crippen LogP contribution is -2.21. The van der Waals surface area contributed by atoms with Crippen molar-refractivity contribution in [1.29, 1.82) is 0 Å². The van der Waals surface area contributed by atoms with E-state index in [0.29, 0.717) is 22.0 Å². The number of rotatable bonds is 6. The topological polar surface area (TPSA) is 67.4 Å². The van der Waals surface area contributed by atoms with Crippen molar-refractivity contribution in [2.24, 2.45) is 0 Å². The molecule has 0 heterocycles. The molecule has 3 rings (SSSR count). The van der Waals surface area contributed by atoms with Crippen LogP contribution in [-0.4, -0.2) is 25.5 Å². The Morgan fingerprint density at radius 3 is 2.38 bits per heavy atom. The van der Waals surface area contributed by atoms with Crippen LogP contribution >= 0.6 is 11.6 Å². The number of benzene rings is 3. The lowest BCUT2D eigenvalue weighted by Gasteiger charge is -2.12. The second-order valence-corrected chi connectivity index (χ2v) is 6.86. The molecular weight excluding hydrogens is 388 g/mol. The highest BCUT2D eigenvalue weighted by Crippen LogP contribution is 2.30. The van der Waals surface area contributed by atoms with Crippen LogP contribution in [0.5, 0.6) is 5.75 Å². The third-order valence-electron chi connectivity index (χ3n) is 4.39. The number of anilines is 1. The number of aryl methyl sites for hydroxylation is 1. The zero-order valence-corrected chi connectivity index (χ0v) is 16.9. The Bertz CT molecular complexity index is 1040. The maximum atomic E-state index is 12.3. The SMILES string of the molecule is CNC(=O)c1ccc(NC(=O)COc2ccc(-c3ccccc3)cc2Cl)c(C)c1. The molecule has 29 heavy (non-hydrogen) atoms. The molecule has 0 radical (unpaired) electrons. The third kappa shape index (κ3) is 5.15. The molecule has 0 spiro atoms. The van der Waals surface area contributed by atoms with E-state index in [1.165, 1.54) is 0 Å². The molecule has 6 heteroatoms. The first-order valence-corrected chi connectivity index (χ1v) is 9.46. The fourth-order valence-electron chi connectivity index (χ4n) is 2.85. The Labute approximate surface area is 174 Å². The molecule has 5 nitrogen and oxygen atoms in total. The van der Waals surface area contributed by atoms with Crippen LogP contribution in [0.3, 0.4) is 0 Å². The summed E-state index contributed by atoms with van der Waals surface area (Å²) in [6.45, 7) is 1.64. The molecule has 3 aromatic carbocycles. The summed E-state index contributed by atoms with van der Waals surface area (Å²) in [5.41, 5.74) is 3.96. The molecule has 0 aliphatic carbocycles. The predicted octanol–water partition coefficient (Wildman–Crippen LogP) is 4.69. The van der Waals surface area contributed by atoms with Gasteiger partial charge in [-0.15, -0.1) is 0 Å². The molecule has 2 amide bonds. The van der Waals surface area contributed by atoms with Crippen molar-refractivity contribution in [1.82, 2.24) is 5.32 Å². The maximum Gasteiger partial charge on any atom is 0.262 e. The number of ether oxygens (including phenoxy) is 1. The highest BCUT2D eigenvalue weighted by molar-refractivity contribution is 6.32. The monoisotopic (exact) mass is 408 g/mol. The number of carbonyl (C=O) groups is 2. The molecule has 148 valence electrons. The van der Waals surface area contributed by atoms with Crippen LogP contribution in [0.25, 0.3) is 11.1 Å². The summed E-state index contributed by atoms with van der Waals surface area (Å²) in [5.74, 6) is -0.0555. The predicted molar refractivity (Wildman–Crippen MR) is 116 cm³/mol. The van der Waals surface area contributed by atoms with Crippen molar-refractivity contribution in [2.75, 3.05) is 19.0 Å². The van der Waals surface area contributed by atoms with Gasteiger partial charge in [0.25, 0.3) is 11.8 Å². The molecule has 0 aromatic heterocycles. The van der Waals surface area contributed by atoms with E-state index in [-0.39, 0.29) is 18.4 Å². The smallest absolute Gasteiger partial charge is 0.262 e. The number of hydrogen-bond donors (Lipinski definition) is 2. The van der Waals surface area contributed by atoms with E-state index < -0.39 is 0 Å². The van der Waals surface area contributed by atoms with Gasteiger partial charge in [-0.1, -0.05) is 48.0 Å². The fraction of sp³-hybridized carbons (Fsp3) is 0.130. The highest BCUT2D eigenvalue weighted by Gasteiger charge is 2.11. The van der Waals surface area contributed by atoms with Crippen molar-refractivity contribution in [2.45, 2.75) is 6.92 Å². The van der Waals surface area contributed by atoms with Crippen molar-refractivity contribution >= 4 is 29.1 Å². The lowest BCUT2D eigenvalue weighted by atomic mass is 10.1. The standard InChI is InChI=1S/C23H21ClN2O3/c1-15-12-18(23(28)25-2)8-10-20(15)26-22(27)14-29-21-11-9-17(13-19(21)24)16-6-4-3-5-7-16/h3-13H,14H2,1-2H3,(H,25,28)(H,26,27). The van der Waals surface area contributed by atoms with Crippen LogP contribution in [0.15, 0.2) is 66.7 Å². The van der Waals surface area contributed by atoms with Gasteiger partial charge in [0, 0.05) is 18.3 Å². The molecule has 0 fully saturated rings. The van der Waals surface area contributed by atoms with Crippen LogP contribution in [0.2, 0.25) is 5.02 Å². The number of nitrogens with one attached hydrogen (secondary N) is 2. The van der Waals surface area contributed by atoms with Crippen molar-refractivity contribution < 1.29 is 14.3 Å². The van der Waals surface area contributed by atoms with E-state index in [1.807, 2.05) is 49.4 Å². The van der Waals surface area contributed by atoms with E-state index in [2.05, 4.69) is 10.6 Å². The zero-order valence-electron chi connectivity index (χ0n) is 16.2. The molecule has 0 bridgehead atoms. The van der Waals surface area contributed by atoms with E-state index in [1.54, 1.807) is 31.3 Å². The molecule has 0 unspecified atom stereocenters. The molecule has 0 aliphatic heterocycles. The second kappa shape index (κ2) is 9.26. The molecule has 0 saturated heterocycles. The summed E-state index contributed by atoms with van der Waals surface area (Å²) >= 11 is 6.31. The number of carbonyl (C=O) groups excluding carboxylic acids is 2. The summed E-state index contributed by atoms with van der Waals surface area (Å²) in [6.07, 6.45) is 0. The Balaban J connectivity index is 1.62. The number of halogens is 1. The quantitative estimate of drug-likeness (QED) is 0.621. The van der Waals surface area contributed by atoms with Crippen LogP contribution in [0.4, 0.5) is 5.69 Å². The minimum atomic E-state index is -0.316. The Kier molecular flexibility index (Phi) is 6.52. The molecule has 0 saturated carbocycles. The average molecular weight is 409 g/mol. The van der Waals surface area contributed by atoms with Gasteiger partial charge in [-0.2, -0.15) is 0 Å². The number of hydrogen-bond acceptors (Lipinski definition) is 3. The molecule has 2 N–H and O–H groups in total. The minimum Gasteiger partial charge on any atom is -0.482 e. The van der Waals surface area contributed by atoms with E-state index in [9.17, 15) is 9.59 Å². The first-order valence-electron chi connectivity index (χ1n) is 9.08. The molecule has 3 aromatic rings. The van der Waals surface area contributed by atoms with Crippen molar-refractivity contribution in [3.05, 3.63) is 82.9 Å². The normalized spacial score (nSPS) is 10.3. The Morgan fingerprint density at radius 2 is 1.72 bits per heavy atom. The van der Waals surface area contributed by atoms with Gasteiger partial charge < -0.3 is 15.4 Å². The van der Waals surface area contributed by atoms with Gasteiger partial charge in [0.2, 0.25) is 0 Å². The van der Waals surface area contributed by atoms with Crippen LogP contribution < -0.4 is 15.4 Å². The second-order valence-electron chi connectivity index (χ2n) is 6.46. The van der Waals surface area contributed by atoms with Crippen molar-refractivity contribution in [3.8, 4) is 16.9 Å². The highest BCUT2D eigenvalue weighted by atomic mass is 35.5. The summed E-state index contributed by atoms with van der Waals surface area (Å²) in [7, 11) is 1.57. The summed E-state index contributed by atoms with van der Waals surface area (Å²) in [5, 5.41) is 5.79. The Morgan fingerprint density at radius 1 is 0.966 bits per heavy atom. The van der Waals surface area contributed by atoms with Gasteiger partial charge in [-0.05, 0) is 53.9 Å². The lowest BCUT2D eigenvalue weighted by molar-refractivity contribution is -0.118. The van der Waals surface area contributed by atoms with E-state index >= 15 is 0 Å². The van der Waals surface area contributed by atoms with Crippen molar-refractivity contribution in [3.63, 3.8) is 0 Å². The van der Waals surface area contributed by atoms with Crippen LogP contribution in [0, 0.1) is 6.92 Å². The largest absolute Gasteiger partial charge is 0.482 e. The maximum absolute atomic E-state index is 12.3. The minimum absolute atomic E-state index is 0.178. The summed E-state index contributed by atoms with van der Waals surface area (Å²) < 4.78 is 5.57. The average Bonchev–Trinajstić information content (AvgIpc) is 2.74. The van der Waals surface area contributed by atoms with Gasteiger partial charge in [-0.3, -0.25) is 9.59 Å². The summed E-state index contributed by atoms with van der Waals surface area (Å²) in [4.78, 5) is 23.9. The first-order chi connectivity index (χ1) is 14.0. The Hall–Kier alpha value is -3.31. The van der Waals surface area contributed by atoms with Gasteiger partial charge in [0.1, 0.15) is 5.75 Å².